The molecule has 1 nitrogen and oxygen atoms in total. The van der Waals surface area contributed by atoms with E-state index in [0.29, 0.717) is 0 Å². The van der Waals surface area contributed by atoms with Crippen LogP contribution in [0.4, 0.5) is 4.39 Å². The second-order valence-electron chi connectivity index (χ2n) is 5.56. The van der Waals surface area contributed by atoms with Crippen molar-refractivity contribution in [2.24, 2.45) is 0 Å². The zero-order valence-electron chi connectivity index (χ0n) is 12.1. The van der Waals surface area contributed by atoms with Crippen LogP contribution < -0.4 is 5.32 Å². The Bertz CT molecular complexity index is 404. The van der Waals surface area contributed by atoms with E-state index in [1.807, 2.05) is 32.7 Å². The van der Waals surface area contributed by atoms with Gasteiger partial charge in [-0.3, -0.25) is 0 Å². The van der Waals surface area contributed by atoms with Gasteiger partial charge in [0.05, 0.1) is 0 Å². The predicted molar refractivity (Wildman–Crippen MR) is 82.4 cm³/mol. The molecule has 3 heteroatoms. The lowest BCUT2D eigenvalue weighted by molar-refractivity contribution is 0.561. The minimum atomic E-state index is -0.0659. The minimum absolute atomic E-state index is 0.0659. The first-order valence-corrected chi connectivity index (χ1v) is 8.22. The van der Waals surface area contributed by atoms with E-state index in [9.17, 15) is 4.39 Å². The first kappa shape index (κ1) is 14.9. The maximum atomic E-state index is 14.2. The molecule has 1 aromatic carbocycles. The lowest BCUT2D eigenvalue weighted by Crippen LogP contribution is -2.22. The standard InChI is InChI=1S/C16H24FNS/c1-11-8-12(2)16(14(17)9-11)15(18-3)10-19-13-6-4-5-7-13/h8-9,13,15,18H,4-7,10H2,1-3H3. The molecule has 0 saturated heterocycles. The summed E-state index contributed by atoms with van der Waals surface area (Å²) in [5, 5.41) is 4.06. The summed E-state index contributed by atoms with van der Waals surface area (Å²) >= 11 is 2.00. The average Bonchev–Trinajstić information content (AvgIpc) is 2.85. The van der Waals surface area contributed by atoms with E-state index < -0.39 is 0 Å². The van der Waals surface area contributed by atoms with Crippen LogP contribution in [-0.4, -0.2) is 18.1 Å². The number of hydrogen-bond donors (Lipinski definition) is 1. The van der Waals surface area contributed by atoms with Crippen LogP contribution in [0.5, 0.6) is 0 Å². The molecular formula is C16H24FNS. The summed E-state index contributed by atoms with van der Waals surface area (Å²) in [6, 6.07) is 3.84. The van der Waals surface area contributed by atoms with Gasteiger partial charge in [0, 0.05) is 22.6 Å². The van der Waals surface area contributed by atoms with Crippen molar-refractivity contribution >= 4 is 11.8 Å². The number of thioether (sulfide) groups is 1. The van der Waals surface area contributed by atoms with Crippen molar-refractivity contribution < 1.29 is 4.39 Å². The van der Waals surface area contributed by atoms with E-state index in [0.717, 1.165) is 27.7 Å². The molecule has 0 aliphatic heterocycles. The molecule has 0 aromatic heterocycles. The van der Waals surface area contributed by atoms with Crippen LogP contribution in [0.3, 0.4) is 0 Å². The van der Waals surface area contributed by atoms with Gasteiger partial charge in [-0.05, 0) is 50.9 Å². The topological polar surface area (TPSA) is 12.0 Å². The van der Waals surface area contributed by atoms with E-state index in [-0.39, 0.29) is 11.9 Å². The Morgan fingerprint density at radius 1 is 1.32 bits per heavy atom. The van der Waals surface area contributed by atoms with Gasteiger partial charge < -0.3 is 5.32 Å². The molecule has 0 bridgehead atoms. The van der Waals surface area contributed by atoms with Crippen molar-refractivity contribution in [3.63, 3.8) is 0 Å². The monoisotopic (exact) mass is 281 g/mol. The SMILES string of the molecule is CNC(CSC1CCCC1)c1c(C)cc(C)cc1F. The number of benzene rings is 1. The zero-order valence-corrected chi connectivity index (χ0v) is 12.9. The molecule has 1 N–H and O–H groups in total. The van der Waals surface area contributed by atoms with Gasteiger partial charge in [-0.15, -0.1) is 0 Å². The van der Waals surface area contributed by atoms with Gasteiger partial charge in [0.1, 0.15) is 5.82 Å². The molecule has 1 aromatic rings. The van der Waals surface area contributed by atoms with Crippen molar-refractivity contribution in [2.75, 3.05) is 12.8 Å². The highest BCUT2D eigenvalue weighted by molar-refractivity contribution is 7.99. The molecule has 1 aliphatic rings. The van der Waals surface area contributed by atoms with Crippen LogP contribution >= 0.6 is 11.8 Å². The molecule has 1 unspecified atom stereocenters. The van der Waals surface area contributed by atoms with Gasteiger partial charge in [0.15, 0.2) is 0 Å². The van der Waals surface area contributed by atoms with Crippen molar-refractivity contribution in [3.8, 4) is 0 Å². The van der Waals surface area contributed by atoms with Gasteiger partial charge in [-0.2, -0.15) is 11.8 Å². The second kappa shape index (κ2) is 6.76. The predicted octanol–water partition coefficient (Wildman–Crippen LogP) is 4.38. The summed E-state index contributed by atoms with van der Waals surface area (Å²) in [7, 11) is 1.93. The summed E-state index contributed by atoms with van der Waals surface area (Å²) in [5.74, 6) is 0.894. The zero-order chi connectivity index (χ0) is 13.8. The Morgan fingerprint density at radius 2 is 2.00 bits per heavy atom. The highest BCUT2D eigenvalue weighted by Gasteiger charge is 2.21. The normalized spacial score (nSPS) is 17.9. The van der Waals surface area contributed by atoms with Crippen molar-refractivity contribution in [1.82, 2.24) is 5.32 Å². The van der Waals surface area contributed by atoms with E-state index in [1.165, 1.54) is 25.7 Å². The smallest absolute Gasteiger partial charge is 0.128 e. The van der Waals surface area contributed by atoms with Gasteiger partial charge in [0.25, 0.3) is 0 Å². The number of rotatable bonds is 5. The maximum Gasteiger partial charge on any atom is 0.128 e. The third-order valence-electron chi connectivity index (χ3n) is 3.98. The molecule has 1 aliphatic carbocycles. The Balaban J connectivity index is 2.08. The first-order valence-electron chi connectivity index (χ1n) is 7.17. The van der Waals surface area contributed by atoms with Gasteiger partial charge >= 0.3 is 0 Å². The Labute approximate surface area is 120 Å². The Morgan fingerprint density at radius 3 is 2.58 bits per heavy atom. The molecule has 106 valence electrons. The molecule has 1 saturated carbocycles. The van der Waals surface area contributed by atoms with Crippen LogP contribution in [0.2, 0.25) is 0 Å². The number of nitrogens with one attached hydrogen (secondary N) is 1. The minimum Gasteiger partial charge on any atom is -0.312 e. The van der Waals surface area contributed by atoms with Gasteiger partial charge in [-0.25, -0.2) is 4.39 Å². The van der Waals surface area contributed by atoms with E-state index in [4.69, 9.17) is 0 Å². The summed E-state index contributed by atoms with van der Waals surface area (Å²) in [4.78, 5) is 0. The van der Waals surface area contributed by atoms with E-state index in [2.05, 4.69) is 11.4 Å². The van der Waals surface area contributed by atoms with Gasteiger partial charge in [-0.1, -0.05) is 18.9 Å². The second-order valence-corrected chi connectivity index (χ2v) is 6.89. The maximum absolute atomic E-state index is 14.2. The number of hydrogen-bond acceptors (Lipinski definition) is 2. The number of aryl methyl sites for hydroxylation is 2. The number of halogens is 1. The molecule has 2 rings (SSSR count). The molecule has 0 radical (unpaired) electrons. The molecular weight excluding hydrogens is 257 g/mol. The lowest BCUT2D eigenvalue weighted by Gasteiger charge is -2.21. The van der Waals surface area contributed by atoms with E-state index in [1.54, 1.807) is 6.07 Å². The summed E-state index contributed by atoms with van der Waals surface area (Å²) in [6.07, 6.45) is 5.38. The molecule has 0 amide bonds. The fourth-order valence-electron chi connectivity index (χ4n) is 2.97. The summed E-state index contributed by atoms with van der Waals surface area (Å²) < 4.78 is 14.2. The quantitative estimate of drug-likeness (QED) is 0.859. The summed E-state index contributed by atoms with van der Waals surface area (Å²) in [5.41, 5.74) is 2.90. The average molecular weight is 281 g/mol. The summed E-state index contributed by atoms with van der Waals surface area (Å²) in [6.45, 7) is 3.96. The highest BCUT2D eigenvalue weighted by atomic mass is 32.2. The fraction of sp³-hybridized carbons (Fsp3) is 0.625. The van der Waals surface area contributed by atoms with Gasteiger partial charge in [0.2, 0.25) is 0 Å². The Hall–Kier alpha value is -0.540. The third kappa shape index (κ3) is 3.73. The lowest BCUT2D eigenvalue weighted by atomic mass is 9.99. The molecule has 19 heavy (non-hydrogen) atoms. The largest absolute Gasteiger partial charge is 0.312 e. The van der Waals surface area contributed by atoms with Crippen molar-refractivity contribution in [2.45, 2.75) is 50.8 Å². The van der Waals surface area contributed by atoms with Crippen LogP contribution in [0.1, 0.15) is 48.4 Å². The highest BCUT2D eigenvalue weighted by Crippen LogP contribution is 2.33. The van der Waals surface area contributed by atoms with Crippen molar-refractivity contribution in [3.05, 3.63) is 34.6 Å². The molecule has 0 spiro atoms. The molecule has 0 heterocycles. The molecule has 1 atom stereocenters. The van der Waals surface area contributed by atoms with Crippen molar-refractivity contribution in [1.29, 1.82) is 0 Å². The molecule has 1 fully saturated rings. The first-order chi connectivity index (χ1) is 9.11. The van der Waals surface area contributed by atoms with E-state index >= 15 is 0 Å². The van der Waals surface area contributed by atoms with Crippen LogP contribution in [0.25, 0.3) is 0 Å². The Kier molecular flexibility index (Phi) is 5.28. The van der Waals surface area contributed by atoms with Crippen LogP contribution in [-0.2, 0) is 0 Å². The van der Waals surface area contributed by atoms with Crippen LogP contribution in [0.15, 0.2) is 12.1 Å². The third-order valence-corrected chi connectivity index (χ3v) is 5.45. The van der Waals surface area contributed by atoms with Crippen LogP contribution in [0, 0.1) is 19.7 Å². The fourth-order valence-corrected chi connectivity index (χ4v) is 4.43.